The summed E-state index contributed by atoms with van der Waals surface area (Å²) in [5.74, 6) is -2.03. The number of amides is 2. The standard InChI is InChI=1S/C15H20N2O7/c1-4-9(15(20)21)17-14(19)8-5-10(22-2)13(11(6-8)23-3)24-7-12(16)18/h5-6,9H,4,7H2,1-3H3,(H2,16,18)(H,17,19)(H,20,21). The first-order valence-corrected chi connectivity index (χ1v) is 7.04. The molecule has 0 radical (unpaired) electrons. The number of hydrogen-bond donors (Lipinski definition) is 3. The highest BCUT2D eigenvalue weighted by Crippen LogP contribution is 2.38. The number of aliphatic carboxylic acids is 1. The number of carboxylic acids is 1. The van der Waals surface area contributed by atoms with E-state index in [1.165, 1.54) is 26.4 Å². The van der Waals surface area contributed by atoms with Crippen LogP contribution in [-0.2, 0) is 9.59 Å². The third kappa shape index (κ3) is 4.77. The summed E-state index contributed by atoms with van der Waals surface area (Å²) in [7, 11) is 2.69. The summed E-state index contributed by atoms with van der Waals surface area (Å²) >= 11 is 0. The van der Waals surface area contributed by atoms with E-state index in [1.54, 1.807) is 6.92 Å². The second kappa shape index (κ2) is 8.61. The first-order valence-electron chi connectivity index (χ1n) is 7.04. The Hall–Kier alpha value is -2.97. The van der Waals surface area contributed by atoms with Crippen molar-refractivity contribution in [2.45, 2.75) is 19.4 Å². The number of rotatable bonds is 9. The number of methoxy groups -OCH3 is 2. The molecule has 0 aliphatic carbocycles. The Morgan fingerprint density at radius 1 is 1.21 bits per heavy atom. The quantitative estimate of drug-likeness (QED) is 0.582. The second-order valence-corrected chi connectivity index (χ2v) is 4.74. The van der Waals surface area contributed by atoms with E-state index in [2.05, 4.69) is 5.32 Å². The van der Waals surface area contributed by atoms with Crippen molar-refractivity contribution in [1.82, 2.24) is 5.32 Å². The van der Waals surface area contributed by atoms with E-state index >= 15 is 0 Å². The lowest BCUT2D eigenvalue weighted by atomic mass is 10.1. The molecule has 0 heterocycles. The van der Waals surface area contributed by atoms with Gasteiger partial charge >= 0.3 is 5.97 Å². The van der Waals surface area contributed by atoms with Crippen molar-refractivity contribution in [3.05, 3.63) is 17.7 Å². The molecule has 2 amide bonds. The van der Waals surface area contributed by atoms with E-state index in [0.29, 0.717) is 0 Å². The van der Waals surface area contributed by atoms with Gasteiger partial charge in [0, 0.05) is 5.56 Å². The highest BCUT2D eigenvalue weighted by Gasteiger charge is 2.22. The number of nitrogens with two attached hydrogens (primary N) is 1. The molecular weight excluding hydrogens is 320 g/mol. The fourth-order valence-corrected chi connectivity index (χ4v) is 1.88. The van der Waals surface area contributed by atoms with Gasteiger partial charge in [-0.1, -0.05) is 6.92 Å². The Bertz CT molecular complexity index is 605. The van der Waals surface area contributed by atoms with E-state index in [4.69, 9.17) is 25.1 Å². The lowest BCUT2D eigenvalue weighted by Crippen LogP contribution is -2.40. The van der Waals surface area contributed by atoms with Crippen molar-refractivity contribution in [1.29, 1.82) is 0 Å². The molecule has 4 N–H and O–H groups in total. The minimum absolute atomic E-state index is 0.112. The Morgan fingerprint density at radius 3 is 2.12 bits per heavy atom. The summed E-state index contributed by atoms with van der Waals surface area (Å²) in [6.07, 6.45) is 0.231. The monoisotopic (exact) mass is 340 g/mol. The predicted octanol–water partition coefficient (Wildman–Crippen LogP) is 0.161. The molecule has 1 aromatic carbocycles. The van der Waals surface area contributed by atoms with Crippen LogP contribution in [0.5, 0.6) is 17.2 Å². The molecule has 132 valence electrons. The molecule has 0 aliphatic rings. The van der Waals surface area contributed by atoms with Crippen LogP contribution in [-0.4, -0.2) is 49.8 Å². The van der Waals surface area contributed by atoms with Gasteiger partial charge < -0.3 is 30.4 Å². The van der Waals surface area contributed by atoms with Gasteiger partial charge in [-0.05, 0) is 18.6 Å². The Balaban J connectivity index is 3.15. The molecule has 0 spiro atoms. The molecule has 1 aromatic rings. The van der Waals surface area contributed by atoms with Crippen LogP contribution in [0.15, 0.2) is 12.1 Å². The van der Waals surface area contributed by atoms with E-state index in [9.17, 15) is 14.4 Å². The molecule has 9 heteroatoms. The maximum absolute atomic E-state index is 12.2. The molecule has 24 heavy (non-hydrogen) atoms. The maximum Gasteiger partial charge on any atom is 0.326 e. The summed E-state index contributed by atoms with van der Waals surface area (Å²) in [6.45, 7) is 1.25. The van der Waals surface area contributed by atoms with E-state index in [1.807, 2.05) is 0 Å². The zero-order chi connectivity index (χ0) is 18.3. The molecule has 1 unspecified atom stereocenters. The third-order valence-corrected chi connectivity index (χ3v) is 3.09. The molecule has 9 nitrogen and oxygen atoms in total. The van der Waals surface area contributed by atoms with Gasteiger partial charge in [-0.15, -0.1) is 0 Å². The molecule has 0 fully saturated rings. The van der Waals surface area contributed by atoms with Gasteiger partial charge in [-0.3, -0.25) is 9.59 Å². The summed E-state index contributed by atoms with van der Waals surface area (Å²) in [4.78, 5) is 34.1. The van der Waals surface area contributed by atoms with Crippen LogP contribution in [0.4, 0.5) is 0 Å². The van der Waals surface area contributed by atoms with Crippen LogP contribution in [0.1, 0.15) is 23.7 Å². The van der Waals surface area contributed by atoms with Crippen LogP contribution < -0.4 is 25.3 Å². The van der Waals surface area contributed by atoms with Gasteiger partial charge in [0.25, 0.3) is 11.8 Å². The largest absolute Gasteiger partial charge is 0.493 e. The number of nitrogens with one attached hydrogen (secondary N) is 1. The Kier molecular flexibility index (Phi) is 6.84. The number of hydrogen-bond acceptors (Lipinski definition) is 6. The lowest BCUT2D eigenvalue weighted by Gasteiger charge is -2.16. The van der Waals surface area contributed by atoms with Crippen LogP contribution in [0.25, 0.3) is 0 Å². The molecule has 0 bridgehead atoms. The second-order valence-electron chi connectivity index (χ2n) is 4.74. The van der Waals surface area contributed by atoms with Crippen LogP contribution in [0.2, 0.25) is 0 Å². The lowest BCUT2D eigenvalue weighted by molar-refractivity contribution is -0.139. The number of carbonyl (C=O) groups excluding carboxylic acids is 2. The molecule has 0 aromatic heterocycles. The van der Waals surface area contributed by atoms with Crippen molar-refractivity contribution in [2.24, 2.45) is 5.73 Å². The van der Waals surface area contributed by atoms with Gasteiger partial charge in [0.15, 0.2) is 18.1 Å². The summed E-state index contributed by atoms with van der Waals surface area (Å²) in [5, 5.41) is 11.4. The Morgan fingerprint density at radius 2 is 1.75 bits per heavy atom. The number of benzene rings is 1. The molecule has 1 atom stereocenters. The van der Waals surface area contributed by atoms with Crippen molar-refractivity contribution in [3.63, 3.8) is 0 Å². The van der Waals surface area contributed by atoms with E-state index in [-0.39, 0.29) is 29.2 Å². The van der Waals surface area contributed by atoms with Crippen molar-refractivity contribution >= 4 is 17.8 Å². The molecule has 1 rings (SSSR count). The number of carboxylic acid groups (broad SMARTS) is 1. The normalized spacial score (nSPS) is 11.3. The third-order valence-electron chi connectivity index (χ3n) is 3.09. The first-order chi connectivity index (χ1) is 11.3. The van der Waals surface area contributed by atoms with E-state index < -0.39 is 30.4 Å². The zero-order valence-electron chi connectivity index (χ0n) is 13.6. The zero-order valence-corrected chi connectivity index (χ0v) is 13.6. The van der Waals surface area contributed by atoms with Crippen LogP contribution in [0.3, 0.4) is 0 Å². The SMILES string of the molecule is CCC(NC(=O)c1cc(OC)c(OCC(N)=O)c(OC)c1)C(=O)O. The predicted molar refractivity (Wildman–Crippen MR) is 83.4 cm³/mol. The van der Waals surface area contributed by atoms with Gasteiger partial charge in [0.2, 0.25) is 5.75 Å². The number of carbonyl (C=O) groups is 3. The minimum Gasteiger partial charge on any atom is -0.493 e. The number of primary amides is 1. The summed E-state index contributed by atoms with van der Waals surface area (Å²) in [6, 6.07) is 1.69. The maximum atomic E-state index is 12.2. The minimum atomic E-state index is -1.13. The van der Waals surface area contributed by atoms with Crippen molar-refractivity contribution < 1.29 is 33.7 Å². The fourth-order valence-electron chi connectivity index (χ4n) is 1.88. The molecule has 0 aliphatic heterocycles. The Labute approximate surface area is 138 Å². The first kappa shape index (κ1) is 19.1. The van der Waals surface area contributed by atoms with Crippen LogP contribution in [0, 0.1) is 0 Å². The van der Waals surface area contributed by atoms with Gasteiger partial charge in [0.05, 0.1) is 14.2 Å². The highest BCUT2D eigenvalue weighted by atomic mass is 16.5. The summed E-state index contributed by atoms with van der Waals surface area (Å²) < 4.78 is 15.5. The smallest absolute Gasteiger partial charge is 0.326 e. The van der Waals surface area contributed by atoms with E-state index in [0.717, 1.165) is 0 Å². The van der Waals surface area contributed by atoms with Gasteiger partial charge in [0.1, 0.15) is 6.04 Å². The number of ether oxygens (including phenoxy) is 3. The van der Waals surface area contributed by atoms with Crippen LogP contribution >= 0.6 is 0 Å². The fraction of sp³-hybridized carbons (Fsp3) is 0.400. The topological polar surface area (TPSA) is 137 Å². The molecule has 0 saturated carbocycles. The molecular formula is C15H20N2O7. The molecule has 0 saturated heterocycles. The van der Waals surface area contributed by atoms with Gasteiger partial charge in [-0.2, -0.15) is 0 Å². The average molecular weight is 340 g/mol. The van der Waals surface area contributed by atoms with Crippen molar-refractivity contribution in [2.75, 3.05) is 20.8 Å². The summed E-state index contributed by atoms with van der Waals surface area (Å²) in [5.41, 5.74) is 5.15. The highest BCUT2D eigenvalue weighted by molar-refractivity contribution is 5.97. The van der Waals surface area contributed by atoms with Gasteiger partial charge in [-0.25, -0.2) is 4.79 Å². The van der Waals surface area contributed by atoms with Crippen molar-refractivity contribution in [3.8, 4) is 17.2 Å². The average Bonchev–Trinajstić information content (AvgIpc) is 2.56.